The van der Waals surface area contributed by atoms with E-state index in [0.29, 0.717) is 98.9 Å². The summed E-state index contributed by atoms with van der Waals surface area (Å²) in [5.74, 6) is 0.569. The first-order valence-corrected chi connectivity index (χ1v) is 11.8. The molecule has 0 aromatic carbocycles. The van der Waals surface area contributed by atoms with Crippen LogP contribution in [0.2, 0.25) is 0 Å². The van der Waals surface area contributed by atoms with Crippen molar-refractivity contribution in [2.24, 2.45) is 11.8 Å². The summed E-state index contributed by atoms with van der Waals surface area (Å²) in [6.45, 7) is 13.3. The second-order valence-electron chi connectivity index (χ2n) is 7.73. The van der Waals surface area contributed by atoms with Gasteiger partial charge in [-0.1, -0.05) is 20.8 Å². The van der Waals surface area contributed by atoms with Crippen LogP contribution in [0.15, 0.2) is 0 Å². The van der Waals surface area contributed by atoms with Gasteiger partial charge >= 0.3 is 0 Å². The zero-order chi connectivity index (χ0) is 23.7. The lowest BCUT2D eigenvalue weighted by molar-refractivity contribution is -0.123. The Morgan fingerprint density at radius 2 is 0.875 bits per heavy atom. The zero-order valence-electron chi connectivity index (χ0n) is 20.4. The van der Waals surface area contributed by atoms with Crippen molar-refractivity contribution in [3.8, 4) is 0 Å². The fourth-order valence-electron chi connectivity index (χ4n) is 2.26. The summed E-state index contributed by atoms with van der Waals surface area (Å²) in [6.07, 6.45) is 1.32. The molecule has 1 N–H and O–H groups in total. The summed E-state index contributed by atoms with van der Waals surface area (Å²) < 4.78 is 37.9. The van der Waals surface area contributed by atoms with Crippen molar-refractivity contribution in [3.05, 3.63) is 0 Å². The highest BCUT2D eigenvalue weighted by Crippen LogP contribution is 1.99. The smallest absolute Gasteiger partial charge is 0.137 e. The number of carbonyl (C=O) groups is 1. The van der Waals surface area contributed by atoms with Crippen molar-refractivity contribution >= 4 is 5.78 Å². The molecule has 0 rings (SSSR count). The van der Waals surface area contributed by atoms with Gasteiger partial charge in [0.05, 0.1) is 85.9 Å². The molecule has 32 heavy (non-hydrogen) atoms. The minimum atomic E-state index is 0.0670. The number of aliphatic hydroxyl groups is 1. The highest BCUT2D eigenvalue weighted by molar-refractivity contribution is 5.80. The highest BCUT2D eigenvalue weighted by Gasteiger charge is 2.06. The van der Waals surface area contributed by atoms with Gasteiger partial charge in [0.25, 0.3) is 0 Å². The van der Waals surface area contributed by atoms with Crippen molar-refractivity contribution in [2.45, 2.75) is 33.6 Å². The van der Waals surface area contributed by atoms with Crippen molar-refractivity contribution < 1.29 is 43.1 Å². The fraction of sp³-hybridized carbons (Fsp3) is 0.957. The molecule has 0 aromatic rings. The molecule has 0 amide bonds. The third kappa shape index (κ3) is 24.0. The monoisotopic (exact) mass is 466 g/mol. The van der Waals surface area contributed by atoms with Crippen LogP contribution in [0.25, 0.3) is 0 Å². The van der Waals surface area contributed by atoms with E-state index in [9.17, 15) is 4.79 Å². The van der Waals surface area contributed by atoms with E-state index in [1.807, 2.05) is 20.8 Å². The van der Waals surface area contributed by atoms with Gasteiger partial charge in [0, 0.05) is 25.6 Å². The molecule has 0 aromatic heterocycles. The van der Waals surface area contributed by atoms with Gasteiger partial charge in [0.1, 0.15) is 5.78 Å². The number of Topliss-reactive ketones (excluding diaryl/α,β-unsaturated/α-hetero) is 1. The Bertz CT molecular complexity index is 394. The Balaban J connectivity index is 3.07. The summed E-state index contributed by atoms with van der Waals surface area (Å²) in [6, 6.07) is 0. The first-order chi connectivity index (χ1) is 15.6. The minimum absolute atomic E-state index is 0.0670. The average Bonchev–Trinajstić information content (AvgIpc) is 2.79. The van der Waals surface area contributed by atoms with E-state index in [0.717, 1.165) is 6.42 Å². The predicted octanol–water partition coefficient (Wildman–Crippen LogP) is 1.74. The van der Waals surface area contributed by atoms with E-state index in [2.05, 4.69) is 0 Å². The SMILES string of the molecule is CC(CO)CCOCCOCCOCCOCCOCCOCCOCCC(=O)C(C)C. The minimum Gasteiger partial charge on any atom is -0.396 e. The van der Waals surface area contributed by atoms with Gasteiger partial charge in [-0.2, -0.15) is 0 Å². The lowest BCUT2D eigenvalue weighted by atomic mass is 10.1. The van der Waals surface area contributed by atoms with Crippen LogP contribution in [-0.2, 0) is 38.0 Å². The first-order valence-electron chi connectivity index (χ1n) is 11.8. The molecule has 0 aliphatic carbocycles. The lowest BCUT2D eigenvalue weighted by Gasteiger charge is -2.09. The van der Waals surface area contributed by atoms with Crippen LogP contribution in [-0.4, -0.2) is 110 Å². The summed E-state index contributed by atoms with van der Waals surface area (Å²) >= 11 is 0. The molecule has 0 bridgehead atoms. The number of ether oxygens (including phenoxy) is 7. The quantitative estimate of drug-likeness (QED) is 0.191. The molecule has 0 spiro atoms. The van der Waals surface area contributed by atoms with Crippen LogP contribution in [0, 0.1) is 11.8 Å². The zero-order valence-corrected chi connectivity index (χ0v) is 20.4. The Morgan fingerprint density at radius 3 is 1.19 bits per heavy atom. The Morgan fingerprint density at radius 1 is 0.562 bits per heavy atom. The number of rotatable bonds is 26. The van der Waals surface area contributed by atoms with Gasteiger partial charge in [-0.05, 0) is 12.3 Å². The van der Waals surface area contributed by atoms with Crippen LogP contribution in [0.3, 0.4) is 0 Å². The summed E-state index contributed by atoms with van der Waals surface area (Å²) in [4.78, 5) is 11.4. The van der Waals surface area contributed by atoms with Gasteiger partial charge in [-0.25, -0.2) is 0 Å². The maximum Gasteiger partial charge on any atom is 0.137 e. The van der Waals surface area contributed by atoms with Crippen molar-refractivity contribution in [3.63, 3.8) is 0 Å². The highest BCUT2D eigenvalue weighted by atomic mass is 16.6. The number of ketones is 1. The van der Waals surface area contributed by atoms with E-state index < -0.39 is 0 Å². The van der Waals surface area contributed by atoms with E-state index >= 15 is 0 Å². The largest absolute Gasteiger partial charge is 0.396 e. The van der Waals surface area contributed by atoms with Gasteiger partial charge in [-0.3, -0.25) is 4.79 Å². The Hall–Kier alpha value is -0.650. The molecule has 9 heteroatoms. The molecular weight excluding hydrogens is 420 g/mol. The van der Waals surface area contributed by atoms with E-state index in [1.54, 1.807) is 0 Å². The topological polar surface area (TPSA) is 102 Å². The van der Waals surface area contributed by atoms with Crippen molar-refractivity contribution in [1.29, 1.82) is 0 Å². The second-order valence-corrected chi connectivity index (χ2v) is 7.73. The maximum absolute atomic E-state index is 11.4. The first kappa shape index (κ1) is 31.4. The van der Waals surface area contributed by atoms with Crippen LogP contribution in [0.1, 0.15) is 33.6 Å². The van der Waals surface area contributed by atoms with E-state index in [1.165, 1.54) is 0 Å². The second kappa shape index (κ2) is 25.0. The third-order valence-electron chi connectivity index (χ3n) is 4.44. The molecule has 0 aliphatic rings. The van der Waals surface area contributed by atoms with Crippen molar-refractivity contribution in [1.82, 2.24) is 0 Å². The Labute approximate surface area is 194 Å². The van der Waals surface area contributed by atoms with Crippen LogP contribution in [0.5, 0.6) is 0 Å². The Kier molecular flexibility index (Phi) is 24.5. The fourth-order valence-corrected chi connectivity index (χ4v) is 2.26. The lowest BCUT2D eigenvalue weighted by Crippen LogP contribution is -2.15. The van der Waals surface area contributed by atoms with Crippen LogP contribution in [0.4, 0.5) is 0 Å². The van der Waals surface area contributed by atoms with Gasteiger partial charge < -0.3 is 38.3 Å². The molecule has 0 fully saturated rings. The molecular formula is C23H46O9. The summed E-state index contributed by atoms with van der Waals surface area (Å²) in [7, 11) is 0. The summed E-state index contributed by atoms with van der Waals surface area (Å²) in [5.41, 5.74) is 0. The van der Waals surface area contributed by atoms with Crippen molar-refractivity contribution in [2.75, 3.05) is 99.1 Å². The molecule has 192 valence electrons. The molecule has 9 nitrogen and oxygen atoms in total. The number of hydrogen-bond acceptors (Lipinski definition) is 9. The number of carbonyl (C=O) groups excluding carboxylic acids is 1. The van der Waals surface area contributed by atoms with E-state index in [4.69, 9.17) is 38.3 Å². The van der Waals surface area contributed by atoms with Gasteiger partial charge in [-0.15, -0.1) is 0 Å². The molecule has 0 radical (unpaired) electrons. The van der Waals surface area contributed by atoms with Crippen LogP contribution < -0.4 is 0 Å². The summed E-state index contributed by atoms with van der Waals surface area (Å²) in [5, 5.41) is 8.90. The molecule has 0 saturated heterocycles. The van der Waals surface area contributed by atoms with Crippen LogP contribution >= 0.6 is 0 Å². The standard InChI is InChI=1S/C23H46O9/c1-21(2)23(25)5-7-27-9-11-29-13-15-31-17-19-32-18-16-30-14-12-28-10-8-26-6-4-22(3)20-24/h21-22,24H,4-20H2,1-3H3. The number of hydrogen-bond donors (Lipinski definition) is 1. The van der Waals surface area contributed by atoms with Gasteiger partial charge in [0.15, 0.2) is 0 Å². The molecule has 0 heterocycles. The maximum atomic E-state index is 11.4. The van der Waals surface area contributed by atoms with Gasteiger partial charge in [0.2, 0.25) is 0 Å². The third-order valence-corrected chi connectivity index (χ3v) is 4.44. The molecule has 0 saturated carbocycles. The predicted molar refractivity (Wildman–Crippen MR) is 121 cm³/mol. The molecule has 1 atom stereocenters. The molecule has 0 aliphatic heterocycles. The normalized spacial score (nSPS) is 12.5. The molecule has 1 unspecified atom stereocenters. The van der Waals surface area contributed by atoms with E-state index in [-0.39, 0.29) is 24.2 Å². The number of aliphatic hydroxyl groups excluding tert-OH is 1. The average molecular weight is 467 g/mol.